The predicted molar refractivity (Wildman–Crippen MR) is 130 cm³/mol. The number of rotatable bonds is 8. The minimum Gasteiger partial charge on any atom is -0.376 e. The Bertz CT molecular complexity index is 1070. The average molecular weight is 443 g/mol. The SMILES string of the molecule is Cc1cccc(CN(C(=O)c2ccccc2)c2ccc(CC(=O)NC[C@@H]3CCCO3)cc2)c1. The van der Waals surface area contributed by atoms with Crippen LogP contribution in [0.4, 0.5) is 5.69 Å². The van der Waals surface area contributed by atoms with Gasteiger partial charge in [-0.15, -0.1) is 0 Å². The summed E-state index contributed by atoms with van der Waals surface area (Å²) in [4.78, 5) is 27.5. The second-order valence-corrected chi connectivity index (χ2v) is 8.53. The normalized spacial score (nSPS) is 15.2. The maximum Gasteiger partial charge on any atom is 0.258 e. The molecule has 5 nitrogen and oxygen atoms in total. The van der Waals surface area contributed by atoms with Gasteiger partial charge in [0.15, 0.2) is 0 Å². The van der Waals surface area contributed by atoms with Gasteiger partial charge in [-0.3, -0.25) is 9.59 Å². The molecule has 0 aromatic heterocycles. The Labute approximate surface area is 195 Å². The fourth-order valence-corrected chi connectivity index (χ4v) is 4.08. The number of hydrogen-bond donors (Lipinski definition) is 1. The van der Waals surface area contributed by atoms with Crippen LogP contribution in [0.1, 0.15) is 39.9 Å². The van der Waals surface area contributed by atoms with Crippen LogP contribution in [0, 0.1) is 6.92 Å². The minimum atomic E-state index is -0.0563. The molecule has 1 heterocycles. The van der Waals surface area contributed by atoms with E-state index in [4.69, 9.17) is 4.74 Å². The van der Waals surface area contributed by atoms with Crippen LogP contribution in [0.15, 0.2) is 78.9 Å². The zero-order chi connectivity index (χ0) is 23.0. The quantitative estimate of drug-likeness (QED) is 0.551. The van der Waals surface area contributed by atoms with Crippen LogP contribution in [0.2, 0.25) is 0 Å². The highest BCUT2D eigenvalue weighted by Crippen LogP contribution is 2.22. The predicted octanol–water partition coefficient (Wildman–Crippen LogP) is 4.68. The average Bonchev–Trinajstić information content (AvgIpc) is 3.36. The van der Waals surface area contributed by atoms with E-state index in [0.717, 1.165) is 41.8 Å². The Morgan fingerprint density at radius 1 is 0.970 bits per heavy atom. The standard InChI is InChI=1S/C28H30N2O3/c1-21-7-5-8-23(17-21)20-30(28(32)24-9-3-2-4-10-24)25-14-12-22(13-15-25)18-27(31)29-19-26-11-6-16-33-26/h2-5,7-10,12-15,17,26H,6,11,16,18-20H2,1H3,(H,29,31)/t26-/m0/s1. The largest absolute Gasteiger partial charge is 0.376 e. The lowest BCUT2D eigenvalue weighted by Gasteiger charge is -2.24. The molecular formula is C28H30N2O3. The molecule has 1 aliphatic heterocycles. The third-order valence-electron chi connectivity index (χ3n) is 5.85. The van der Waals surface area contributed by atoms with Crippen LogP contribution in [0.3, 0.4) is 0 Å². The van der Waals surface area contributed by atoms with Crippen LogP contribution in [0.5, 0.6) is 0 Å². The van der Waals surface area contributed by atoms with Crippen molar-refractivity contribution < 1.29 is 14.3 Å². The first-order chi connectivity index (χ1) is 16.1. The second kappa shape index (κ2) is 10.9. The third-order valence-corrected chi connectivity index (χ3v) is 5.85. The molecule has 0 saturated carbocycles. The fraction of sp³-hybridized carbons (Fsp3) is 0.286. The van der Waals surface area contributed by atoms with Gasteiger partial charge in [-0.1, -0.05) is 60.2 Å². The smallest absolute Gasteiger partial charge is 0.258 e. The Morgan fingerprint density at radius 2 is 1.76 bits per heavy atom. The van der Waals surface area contributed by atoms with E-state index < -0.39 is 0 Å². The van der Waals surface area contributed by atoms with Crippen molar-refractivity contribution in [1.29, 1.82) is 0 Å². The van der Waals surface area contributed by atoms with Crippen molar-refractivity contribution in [3.05, 3.63) is 101 Å². The number of benzene rings is 3. The third kappa shape index (κ3) is 6.30. The molecule has 1 aliphatic rings. The summed E-state index contributed by atoms with van der Waals surface area (Å²) in [6.45, 7) is 3.86. The zero-order valence-electron chi connectivity index (χ0n) is 19.0. The Balaban J connectivity index is 1.47. The van der Waals surface area contributed by atoms with Gasteiger partial charge in [-0.2, -0.15) is 0 Å². The summed E-state index contributed by atoms with van der Waals surface area (Å²) in [5.41, 5.74) is 4.57. The van der Waals surface area contributed by atoms with E-state index in [0.29, 0.717) is 25.1 Å². The van der Waals surface area contributed by atoms with Gasteiger partial charge in [0.25, 0.3) is 5.91 Å². The molecule has 33 heavy (non-hydrogen) atoms. The number of carbonyl (C=O) groups excluding carboxylic acids is 2. The molecule has 2 amide bonds. The zero-order valence-corrected chi connectivity index (χ0v) is 19.0. The molecule has 1 saturated heterocycles. The van der Waals surface area contributed by atoms with Crippen LogP contribution in [0.25, 0.3) is 0 Å². The summed E-state index contributed by atoms with van der Waals surface area (Å²) < 4.78 is 5.56. The first-order valence-corrected chi connectivity index (χ1v) is 11.5. The molecule has 5 heteroatoms. The van der Waals surface area contributed by atoms with E-state index in [9.17, 15) is 9.59 Å². The van der Waals surface area contributed by atoms with Crippen LogP contribution >= 0.6 is 0 Å². The van der Waals surface area contributed by atoms with Crippen LogP contribution in [-0.4, -0.2) is 31.1 Å². The maximum atomic E-state index is 13.4. The van der Waals surface area contributed by atoms with Crippen molar-refractivity contribution in [2.45, 2.75) is 38.8 Å². The molecule has 0 radical (unpaired) electrons. The van der Waals surface area contributed by atoms with Crippen LogP contribution in [-0.2, 0) is 22.5 Å². The summed E-state index contributed by atoms with van der Waals surface area (Å²) in [5.74, 6) is -0.0746. The molecule has 3 aromatic carbocycles. The molecule has 170 valence electrons. The molecule has 0 spiro atoms. The van der Waals surface area contributed by atoms with Crippen molar-refractivity contribution in [3.63, 3.8) is 0 Å². The minimum absolute atomic E-state index is 0.0183. The summed E-state index contributed by atoms with van der Waals surface area (Å²) in [6.07, 6.45) is 2.50. The van der Waals surface area contributed by atoms with E-state index in [1.165, 1.54) is 0 Å². The number of nitrogens with one attached hydrogen (secondary N) is 1. The van der Waals surface area contributed by atoms with Gasteiger partial charge in [0.05, 0.1) is 19.1 Å². The molecule has 4 rings (SSSR count). The molecule has 0 aliphatic carbocycles. The van der Waals surface area contributed by atoms with Crippen LogP contribution < -0.4 is 10.2 Å². The number of aryl methyl sites for hydroxylation is 1. The van der Waals surface area contributed by atoms with Gasteiger partial charge in [0, 0.05) is 24.4 Å². The Hall–Kier alpha value is -3.44. The van der Waals surface area contributed by atoms with Crippen molar-refractivity contribution in [1.82, 2.24) is 5.32 Å². The van der Waals surface area contributed by atoms with E-state index in [2.05, 4.69) is 11.4 Å². The molecule has 1 atom stereocenters. The Kier molecular flexibility index (Phi) is 7.53. The molecule has 1 fully saturated rings. The highest BCUT2D eigenvalue weighted by Gasteiger charge is 2.19. The molecule has 0 unspecified atom stereocenters. The highest BCUT2D eigenvalue weighted by atomic mass is 16.5. The molecular weight excluding hydrogens is 412 g/mol. The molecule has 3 aromatic rings. The molecule has 1 N–H and O–H groups in total. The summed E-state index contributed by atoms with van der Waals surface area (Å²) >= 11 is 0. The fourth-order valence-electron chi connectivity index (χ4n) is 4.08. The summed E-state index contributed by atoms with van der Waals surface area (Å²) in [6, 6.07) is 25.2. The van der Waals surface area contributed by atoms with E-state index >= 15 is 0 Å². The van der Waals surface area contributed by atoms with Crippen molar-refractivity contribution in [2.24, 2.45) is 0 Å². The second-order valence-electron chi connectivity index (χ2n) is 8.53. The summed E-state index contributed by atoms with van der Waals surface area (Å²) in [5, 5.41) is 2.96. The van der Waals surface area contributed by atoms with Crippen molar-refractivity contribution in [2.75, 3.05) is 18.1 Å². The van der Waals surface area contributed by atoms with Gasteiger partial charge in [-0.25, -0.2) is 0 Å². The van der Waals surface area contributed by atoms with E-state index in [1.807, 2.05) is 79.7 Å². The van der Waals surface area contributed by atoms with Crippen molar-refractivity contribution >= 4 is 17.5 Å². The monoisotopic (exact) mass is 442 g/mol. The maximum absolute atomic E-state index is 13.4. The van der Waals surface area contributed by atoms with Gasteiger partial charge < -0.3 is 15.0 Å². The number of ether oxygens (including phenoxy) is 1. The number of nitrogens with zero attached hydrogens (tertiary/aromatic N) is 1. The van der Waals surface area contributed by atoms with Gasteiger partial charge >= 0.3 is 0 Å². The van der Waals surface area contributed by atoms with Gasteiger partial charge in [-0.05, 0) is 55.2 Å². The number of hydrogen-bond acceptors (Lipinski definition) is 3. The van der Waals surface area contributed by atoms with Gasteiger partial charge in [0.1, 0.15) is 0 Å². The lowest BCUT2D eigenvalue weighted by molar-refractivity contribution is -0.120. The van der Waals surface area contributed by atoms with Crippen molar-refractivity contribution in [3.8, 4) is 0 Å². The number of amides is 2. The molecule has 0 bridgehead atoms. The van der Waals surface area contributed by atoms with E-state index in [1.54, 1.807) is 4.90 Å². The van der Waals surface area contributed by atoms with Gasteiger partial charge in [0.2, 0.25) is 5.91 Å². The first-order valence-electron chi connectivity index (χ1n) is 11.5. The lowest BCUT2D eigenvalue weighted by atomic mass is 10.1. The number of anilines is 1. The van der Waals surface area contributed by atoms with E-state index in [-0.39, 0.29) is 17.9 Å². The first kappa shape index (κ1) is 22.7. The lowest BCUT2D eigenvalue weighted by Crippen LogP contribution is -2.32. The highest BCUT2D eigenvalue weighted by molar-refractivity contribution is 6.06. The topological polar surface area (TPSA) is 58.6 Å². The number of carbonyl (C=O) groups is 2. The summed E-state index contributed by atoms with van der Waals surface area (Å²) in [7, 11) is 0. The Morgan fingerprint density at radius 3 is 2.45 bits per heavy atom.